The zero-order chi connectivity index (χ0) is 22.0. The van der Waals surface area contributed by atoms with Crippen molar-refractivity contribution >= 4 is 23.4 Å². The summed E-state index contributed by atoms with van der Waals surface area (Å²) < 4.78 is 0. The molecule has 1 aliphatic heterocycles. The monoisotopic (exact) mass is 442 g/mol. The van der Waals surface area contributed by atoms with Crippen molar-refractivity contribution in [3.63, 3.8) is 0 Å². The van der Waals surface area contributed by atoms with E-state index >= 15 is 0 Å². The van der Waals surface area contributed by atoms with Crippen LogP contribution in [-0.4, -0.2) is 39.4 Å². The summed E-state index contributed by atoms with van der Waals surface area (Å²) in [5.74, 6) is -0.633. The molecule has 31 heavy (non-hydrogen) atoms. The molecule has 4 rings (SSSR count). The van der Waals surface area contributed by atoms with Gasteiger partial charge in [-0.25, -0.2) is 0 Å². The van der Waals surface area contributed by atoms with Crippen LogP contribution in [0.15, 0.2) is 36.7 Å². The number of fused-ring (bicyclic) bond motifs is 1. The van der Waals surface area contributed by atoms with Crippen LogP contribution in [0.1, 0.15) is 47.9 Å². The Morgan fingerprint density at radius 3 is 2.94 bits per heavy atom. The van der Waals surface area contributed by atoms with Gasteiger partial charge in [0.15, 0.2) is 5.60 Å². The summed E-state index contributed by atoms with van der Waals surface area (Å²) in [6.07, 6.45) is 6.41. The molecule has 164 valence electrons. The average molecular weight is 443 g/mol. The summed E-state index contributed by atoms with van der Waals surface area (Å²) in [7, 11) is 0. The Morgan fingerprint density at radius 1 is 1.29 bits per heavy atom. The number of halogens is 1. The van der Waals surface area contributed by atoms with E-state index in [-0.39, 0.29) is 12.5 Å². The number of nitrogens with zero attached hydrogens (tertiary/aromatic N) is 2. The largest absolute Gasteiger partial charge is 0.375 e. The highest BCUT2D eigenvalue weighted by atomic mass is 35.5. The predicted molar refractivity (Wildman–Crippen MR) is 117 cm³/mol. The minimum Gasteiger partial charge on any atom is -0.375 e. The average Bonchev–Trinajstić information content (AvgIpc) is 3.27. The molecule has 1 aliphatic carbocycles. The second-order valence-corrected chi connectivity index (χ2v) is 8.67. The normalized spacial score (nSPS) is 22.8. The lowest BCUT2D eigenvalue weighted by Gasteiger charge is -2.37. The number of hydrogen-bond donors (Lipinski definition) is 3. The molecule has 2 aromatic rings. The number of carbonyl (C=O) groups is 2. The highest BCUT2D eigenvalue weighted by molar-refractivity contribution is 6.30. The molecule has 1 aromatic heterocycles. The van der Waals surface area contributed by atoms with Crippen LogP contribution < -0.4 is 11.1 Å². The van der Waals surface area contributed by atoms with E-state index in [0.717, 1.165) is 23.1 Å². The lowest BCUT2D eigenvalue weighted by molar-refractivity contribution is -0.157. The number of aromatic nitrogens is 1. The predicted octanol–water partition coefficient (Wildman–Crippen LogP) is 2.02. The fraction of sp³-hybridized carbons (Fsp3) is 0.435. The molecule has 1 aromatic carbocycles. The van der Waals surface area contributed by atoms with E-state index in [4.69, 9.17) is 17.3 Å². The highest BCUT2D eigenvalue weighted by Gasteiger charge is 2.47. The van der Waals surface area contributed by atoms with Crippen LogP contribution in [0, 0.1) is 0 Å². The van der Waals surface area contributed by atoms with Gasteiger partial charge in [0.25, 0.3) is 5.91 Å². The maximum atomic E-state index is 13.5. The Bertz CT molecular complexity index is 999. The second kappa shape index (κ2) is 8.94. The van der Waals surface area contributed by atoms with Gasteiger partial charge >= 0.3 is 0 Å². The van der Waals surface area contributed by atoms with E-state index in [0.29, 0.717) is 49.4 Å². The number of aliphatic hydroxyl groups is 1. The number of pyridine rings is 1. The number of benzene rings is 1. The van der Waals surface area contributed by atoms with Crippen LogP contribution in [0.5, 0.6) is 0 Å². The molecule has 8 heteroatoms. The molecule has 2 amide bonds. The van der Waals surface area contributed by atoms with Crippen molar-refractivity contribution in [3.8, 4) is 0 Å². The van der Waals surface area contributed by atoms with Gasteiger partial charge in [0.2, 0.25) is 5.91 Å². The van der Waals surface area contributed by atoms with Gasteiger partial charge in [-0.1, -0.05) is 17.7 Å². The van der Waals surface area contributed by atoms with Gasteiger partial charge in [0.1, 0.15) is 6.04 Å². The molecular formula is C23H27ClN4O3. The summed E-state index contributed by atoms with van der Waals surface area (Å²) in [5, 5.41) is 14.9. The number of nitrogens with two attached hydrogens (primary N) is 1. The molecule has 4 N–H and O–H groups in total. The SMILES string of the molecule is NCc1ccc(Cl)cc1CNC(=O)C1CCCN1C(=O)C1(O)CCCc2cnccc21. The number of likely N-dealkylation sites (tertiary alicyclic amines) is 1. The fourth-order valence-corrected chi connectivity index (χ4v) is 4.89. The number of amides is 2. The van der Waals surface area contributed by atoms with Gasteiger partial charge in [0, 0.05) is 37.1 Å². The van der Waals surface area contributed by atoms with Gasteiger partial charge in [-0.3, -0.25) is 14.6 Å². The quantitative estimate of drug-likeness (QED) is 0.656. The molecule has 0 spiro atoms. The van der Waals surface area contributed by atoms with Crippen LogP contribution in [-0.2, 0) is 34.7 Å². The Kier molecular flexibility index (Phi) is 6.27. The molecule has 2 unspecified atom stereocenters. The molecule has 1 fully saturated rings. The zero-order valence-corrected chi connectivity index (χ0v) is 18.1. The van der Waals surface area contributed by atoms with Crippen LogP contribution in [0.4, 0.5) is 0 Å². The second-order valence-electron chi connectivity index (χ2n) is 8.24. The van der Waals surface area contributed by atoms with E-state index in [2.05, 4.69) is 10.3 Å². The van der Waals surface area contributed by atoms with Gasteiger partial charge in [-0.15, -0.1) is 0 Å². The summed E-state index contributed by atoms with van der Waals surface area (Å²) in [4.78, 5) is 32.1. The van der Waals surface area contributed by atoms with Crippen molar-refractivity contribution in [2.45, 2.75) is 56.8 Å². The topological polar surface area (TPSA) is 109 Å². The summed E-state index contributed by atoms with van der Waals surface area (Å²) >= 11 is 6.08. The first kappa shape index (κ1) is 21.7. The Hall–Kier alpha value is -2.48. The number of rotatable bonds is 5. The van der Waals surface area contributed by atoms with Crippen molar-refractivity contribution in [2.75, 3.05) is 6.54 Å². The highest BCUT2D eigenvalue weighted by Crippen LogP contribution is 2.38. The smallest absolute Gasteiger partial charge is 0.259 e. The number of aryl methyl sites for hydroxylation is 1. The van der Waals surface area contributed by atoms with Gasteiger partial charge in [-0.05, 0) is 72.6 Å². The summed E-state index contributed by atoms with van der Waals surface area (Å²) in [6.45, 7) is 1.08. The molecular weight excluding hydrogens is 416 g/mol. The molecule has 2 atom stereocenters. The van der Waals surface area contributed by atoms with Crippen molar-refractivity contribution in [1.82, 2.24) is 15.2 Å². The number of carbonyl (C=O) groups excluding carboxylic acids is 2. The zero-order valence-electron chi connectivity index (χ0n) is 17.3. The molecule has 0 radical (unpaired) electrons. The van der Waals surface area contributed by atoms with Crippen molar-refractivity contribution in [2.24, 2.45) is 5.73 Å². The van der Waals surface area contributed by atoms with Crippen molar-refractivity contribution in [3.05, 3.63) is 63.9 Å². The molecule has 0 bridgehead atoms. The summed E-state index contributed by atoms with van der Waals surface area (Å²) in [6, 6.07) is 6.51. The first-order valence-corrected chi connectivity index (χ1v) is 11.0. The Morgan fingerprint density at radius 2 is 2.13 bits per heavy atom. The molecule has 0 saturated carbocycles. The van der Waals surface area contributed by atoms with E-state index in [9.17, 15) is 14.7 Å². The summed E-state index contributed by atoms with van der Waals surface area (Å²) in [5.41, 5.74) is 7.43. The van der Waals surface area contributed by atoms with Gasteiger partial charge in [0.05, 0.1) is 0 Å². The Balaban J connectivity index is 1.50. The fourth-order valence-electron chi connectivity index (χ4n) is 4.70. The van der Waals surface area contributed by atoms with Crippen molar-refractivity contribution < 1.29 is 14.7 Å². The lowest BCUT2D eigenvalue weighted by atomic mass is 9.79. The van der Waals surface area contributed by atoms with Crippen LogP contribution >= 0.6 is 11.6 Å². The van der Waals surface area contributed by atoms with Gasteiger partial charge < -0.3 is 21.1 Å². The Labute approximate surface area is 186 Å². The maximum absolute atomic E-state index is 13.5. The first-order valence-electron chi connectivity index (χ1n) is 10.7. The number of nitrogens with one attached hydrogen (secondary N) is 1. The van der Waals surface area contributed by atoms with Crippen LogP contribution in [0.25, 0.3) is 0 Å². The van der Waals surface area contributed by atoms with E-state index in [1.165, 1.54) is 4.90 Å². The minimum absolute atomic E-state index is 0.233. The molecule has 1 saturated heterocycles. The molecule has 2 heterocycles. The van der Waals surface area contributed by atoms with Gasteiger partial charge in [-0.2, -0.15) is 0 Å². The van der Waals surface area contributed by atoms with Crippen molar-refractivity contribution in [1.29, 1.82) is 0 Å². The number of hydrogen-bond acceptors (Lipinski definition) is 5. The molecule has 7 nitrogen and oxygen atoms in total. The van der Waals surface area contributed by atoms with E-state index < -0.39 is 17.6 Å². The third-order valence-electron chi connectivity index (χ3n) is 6.35. The lowest BCUT2D eigenvalue weighted by Crippen LogP contribution is -2.53. The van der Waals surface area contributed by atoms with Crippen LogP contribution in [0.2, 0.25) is 5.02 Å². The van der Waals surface area contributed by atoms with E-state index in [1.54, 1.807) is 30.6 Å². The third-order valence-corrected chi connectivity index (χ3v) is 6.58. The minimum atomic E-state index is -1.61. The van der Waals surface area contributed by atoms with Crippen LogP contribution in [0.3, 0.4) is 0 Å². The third kappa shape index (κ3) is 4.18. The first-order chi connectivity index (χ1) is 14.9. The van der Waals surface area contributed by atoms with E-state index in [1.807, 2.05) is 6.07 Å². The standard InChI is InChI=1S/C23H27ClN4O3/c24-18-6-5-15(12-25)17(11-18)14-27-21(29)20-4-2-10-28(20)22(30)23(31)8-1-3-16-13-26-9-7-19(16)23/h5-7,9,11,13,20,31H,1-4,8,10,12,14,25H2,(H,27,29). The maximum Gasteiger partial charge on any atom is 0.259 e. The molecule has 2 aliphatic rings.